The van der Waals surface area contributed by atoms with Gasteiger partial charge in [-0.05, 0) is 12.3 Å². The van der Waals surface area contributed by atoms with Gasteiger partial charge in [-0.25, -0.2) is 0 Å². The lowest BCUT2D eigenvalue weighted by Crippen LogP contribution is -2.26. The summed E-state index contributed by atoms with van der Waals surface area (Å²) in [5.41, 5.74) is 0. The molecule has 0 aromatic rings. The number of carbonyl (C=O) groups excluding carboxylic acids is 1. The van der Waals surface area contributed by atoms with Crippen molar-refractivity contribution in [1.29, 1.82) is 0 Å². The predicted molar refractivity (Wildman–Crippen MR) is 48.7 cm³/mol. The van der Waals surface area contributed by atoms with Gasteiger partial charge in [0.1, 0.15) is 0 Å². The summed E-state index contributed by atoms with van der Waals surface area (Å²) in [6, 6.07) is 0.492. The molecule has 11 heavy (non-hydrogen) atoms. The monoisotopic (exact) mass is 219 g/mol. The summed E-state index contributed by atoms with van der Waals surface area (Å²) in [5.74, 6) is 0.942. The fourth-order valence-corrected chi connectivity index (χ4v) is 1.60. The van der Waals surface area contributed by atoms with Gasteiger partial charge in [0, 0.05) is 17.8 Å². The Bertz CT molecular complexity index is 149. The predicted octanol–water partition coefficient (Wildman–Crippen LogP) is 1.69. The van der Waals surface area contributed by atoms with E-state index >= 15 is 0 Å². The summed E-state index contributed by atoms with van der Waals surface area (Å²) in [6.45, 7) is 2.17. The van der Waals surface area contributed by atoms with Crippen molar-refractivity contribution < 1.29 is 4.79 Å². The second-order valence-corrected chi connectivity index (χ2v) is 3.81. The molecule has 1 fully saturated rings. The Balaban J connectivity index is 2.08. The summed E-state index contributed by atoms with van der Waals surface area (Å²) in [4.78, 5) is 11.0. The molecule has 0 bridgehead atoms. The highest BCUT2D eigenvalue weighted by molar-refractivity contribution is 9.09. The van der Waals surface area contributed by atoms with E-state index in [9.17, 15) is 4.79 Å². The van der Waals surface area contributed by atoms with Gasteiger partial charge in [0.2, 0.25) is 5.91 Å². The van der Waals surface area contributed by atoms with Crippen molar-refractivity contribution in [3.8, 4) is 0 Å². The van der Waals surface area contributed by atoms with Gasteiger partial charge in [0.05, 0.1) is 0 Å². The summed E-state index contributed by atoms with van der Waals surface area (Å²) < 4.78 is 0. The molecule has 0 saturated heterocycles. The molecule has 0 aliphatic heterocycles. The van der Waals surface area contributed by atoms with E-state index in [1.54, 1.807) is 0 Å². The Kier molecular flexibility index (Phi) is 3.37. The van der Waals surface area contributed by atoms with Gasteiger partial charge in [0.25, 0.3) is 0 Å². The number of rotatable bonds is 4. The Hall–Kier alpha value is -0.0500. The number of hydrogen-bond donors (Lipinski definition) is 1. The van der Waals surface area contributed by atoms with E-state index in [0.29, 0.717) is 12.5 Å². The Morgan fingerprint density at radius 1 is 1.73 bits per heavy atom. The minimum Gasteiger partial charge on any atom is -0.353 e. The van der Waals surface area contributed by atoms with Crippen LogP contribution >= 0.6 is 15.9 Å². The third-order valence-electron chi connectivity index (χ3n) is 2.11. The number of carbonyl (C=O) groups is 1. The number of nitrogens with one attached hydrogen (secondary N) is 1. The molecule has 1 aliphatic rings. The summed E-state index contributed by atoms with van der Waals surface area (Å²) in [7, 11) is 0. The molecular formula is C8H14BrNO. The first-order valence-corrected chi connectivity index (χ1v) is 5.25. The van der Waals surface area contributed by atoms with Crippen LogP contribution in [-0.4, -0.2) is 17.3 Å². The van der Waals surface area contributed by atoms with E-state index in [-0.39, 0.29) is 5.91 Å². The maximum absolute atomic E-state index is 11.0. The molecule has 1 N–H and O–H groups in total. The molecule has 1 aliphatic carbocycles. The summed E-state index contributed by atoms with van der Waals surface area (Å²) >= 11 is 3.23. The lowest BCUT2D eigenvalue weighted by molar-refractivity contribution is -0.120. The van der Waals surface area contributed by atoms with Gasteiger partial charge >= 0.3 is 0 Å². The van der Waals surface area contributed by atoms with Crippen molar-refractivity contribution in [1.82, 2.24) is 5.32 Å². The van der Waals surface area contributed by atoms with Crippen LogP contribution in [0.5, 0.6) is 0 Å². The lowest BCUT2D eigenvalue weighted by atomic mass is 10.3. The first-order valence-electron chi connectivity index (χ1n) is 4.13. The first kappa shape index (κ1) is 9.04. The molecule has 2 atom stereocenters. The van der Waals surface area contributed by atoms with E-state index in [1.165, 1.54) is 12.8 Å². The molecule has 2 unspecified atom stereocenters. The third kappa shape index (κ3) is 2.81. The van der Waals surface area contributed by atoms with Crippen LogP contribution < -0.4 is 5.32 Å². The fraction of sp³-hybridized carbons (Fsp3) is 0.875. The van der Waals surface area contributed by atoms with Gasteiger partial charge in [-0.3, -0.25) is 4.79 Å². The average Bonchev–Trinajstić information content (AvgIpc) is 2.68. The molecular weight excluding hydrogens is 206 g/mol. The minimum atomic E-state index is 0.183. The SMILES string of the molecule is CCC1CC1NC(=O)CCBr. The molecule has 1 saturated carbocycles. The molecule has 0 aromatic heterocycles. The van der Waals surface area contributed by atoms with Crippen LogP contribution in [0.1, 0.15) is 26.2 Å². The van der Waals surface area contributed by atoms with Crippen LogP contribution in [0.4, 0.5) is 0 Å². The quantitative estimate of drug-likeness (QED) is 0.717. The highest BCUT2D eigenvalue weighted by Crippen LogP contribution is 2.32. The molecule has 0 aromatic carbocycles. The Morgan fingerprint density at radius 2 is 2.45 bits per heavy atom. The molecule has 0 radical (unpaired) electrons. The van der Waals surface area contributed by atoms with Crippen LogP contribution in [0.2, 0.25) is 0 Å². The van der Waals surface area contributed by atoms with Crippen molar-refractivity contribution in [2.45, 2.75) is 32.2 Å². The molecule has 1 amide bonds. The smallest absolute Gasteiger partial charge is 0.221 e. The number of alkyl halides is 1. The first-order chi connectivity index (χ1) is 5.27. The van der Waals surface area contributed by atoms with Gasteiger partial charge in [0.15, 0.2) is 0 Å². The molecule has 3 heteroatoms. The van der Waals surface area contributed by atoms with Crippen LogP contribution in [0.25, 0.3) is 0 Å². The maximum atomic E-state index is 11.0. The van der Waals surface area contributed by atoms with E-state index in [0.717, 1.165) is 11.2 Å². The van der Waals surface area contributed by atoms with Crippen molar-refractivity contribution in [3.05, 3.63) is 0 Å². The largest absolute Gasteiger partial charge is 0.353 e. The highest BCUT2D eigenvalue weighted by atomic mass is 79.9. The number of halogens is 1. The van der Waals surface area contributed by atoms with Crippen LogP contribution in [-0.2, 0) is 4.79 Å². The average molecular weight is 220 g/mol. The van der Waals surface area contributed by atoms with Gasteiger partial charge in [-0.15, -0.1) is 0 Å². The summed E-state index contributed by atoms with van der Waals surface area (Å²) in [6.07, 6.45) is 2.98. The van der Waals surface area contributed by atoms with E-state index < -0.39 is 0 Å². The van der Waals surface area contributed by atoms with Crippen LogP contribution in [0.3, 0.4) is 0 Å². The van der Waals surface area contributed by atoms with Crippen molar-refractivity contribution in [2.75, 3.05) is 5.33 Å². The second kappa shape index (κ2) is 4.10. The van der Waals surface area contributed by atoms with Crippen molar-refractivity contribution >= 4 is 21.8 Å². The van der Waals surface area contributed by atoms with Crippen LogP contribution in [0, 0.1) is 5.92 Å². The zero-order valence-electron chi connectivity index (χ0n) is 6.77. The normalized spacial score (nSPS) is 28.2. The third-order valence-corrected chi connectivity index (χ3v) is 2.51. The number of hydrogen-bond acceptors (Lipinski definition) is 1. The van der Waals surface area contributed by atoms with Crippen molar-refractivity contribution in [2.24, 2.45) is 5.92 Å². The lowest BCUT2D eigenvalue weighted by Gasteiger charge is -2.00. The fourth-order valence-electron chi connectivity index (χ4n) is 1.24. The number of amides is 1. The topological polar surface area (TPSA) is 29.1 Å². The zero-order valence-corrected chi connectivity index (χ0v) is 8.36. The highest BCUT2D eigenvalue weighted by Gasteiger charge is 2.35. The zero-order chi connectivity index (χ0) is 8.27. The molecule has 1 rings (SSSR count). The minimum absolute atomic E-state index is 0.183. The van der Waals surface area contributed by atoms with E-state index in [4.69, 9.17) is 0 Å². The Labute approximate surface area is 75.9 Å². The molecule has 64 valence electrons. The van der Waals surface area contributed by atoms with Crippen LogP contribution in [0.15, 0.2) is 0 Å². The Morgan fingerprint density at radius 3 is 2.91 bits per heavy atom. The maximum Gasteiger partial charge on any atom is 0.221 e. The second-order valence-electron chi connectivity index (χ2n) is 3.02. The molecule has 2 nitrogen and oxygen atoms in total. The standard InChI is InChI=1S/C8H14BrNO/c1-2-6-5-7(6)10-8(11)3-4-9/h6-7H,2-5H2,1H3,(H,10,11). The summed E-state index contributed by atoms with van der Waals surface area (Å²) in [5, 5.41) is 3.75. The molecule has 0 spiro atoms. The van der Waals surface area contributed by atoms with Gasteiger partial charge in [-0.2, -0.15) is 0 Å². The van der Waals surface area contributed by atoms with Crippen molar-refractivity contribution in [3.63, 3.8) is 0 Å². The van der Waals surface area contributed by atoms with Gasteiger partial charge < -0.3 is 5.32 Å². The van der Waals surface area contributed by atoms with E-state index in [2.05, 4.69) is 28.2 Å². The van der Waals surface area contributed by atoms with Gasteiger partial charge in [-0.1, -0.05) is 29.3 Å². The van der Waals surface area contributed by atoms with E-state index in [1.807, 2.05) is 0 Å². The molecule has 0 heterocycles.